The zero-order chi connectivity index (χ0) is 18.3. The summed E-state index contributed by atoms with van der Waals surface area (Å²) in [7, 11) is 1.56. The molecular formula is C18H27F3IN3O. The van der Waals surface area contributed by atoms with Gasteiger partial charge < -0.3 is 15.4 Å². The highest BCUT2D eigenvalue weighted by Gasteiger charge is 2.35. The van der Waals surface area contributed by atoms with Crippen molar-refractivity contribution in [2.24, 2.45) is 4.99 Å². The van der Waals surface area contributed by atoms with Gasteiger partial charge in [-0.15, -0.1) is 24.0 Å². The molecule has 0 amide bonds. The Balaban J connectivity index is 0.00000338. The van der Waals surface area contributed by atoms with E-state index in [0.29, 0.717) is 25.7 Å². The molecule has 0 bridgehead atoms. The molecule has 1 saturated heterocycles. The van der Waals surface area contributed by atoms with Crippen LogP contribution in [0.15, 0.2) is 29.3 Å². The van der Waals surface area contributed by atoms with Crippen LogP contribution in [0.3, 0.4) is 0 Å². The predicted molar refractivity (Wildman–Crippen MR) is 108 cm³/mol. The van der Waals surface area contributed by atoms with Crippen LogP contribution < -0.4 is 10.6 Å². The molecule has 2 N–H and O–H groups in total. The minimum atomic E-state index is -4.17. The number of hydrogen-bond acceptors (Lipinski definition) is 2. The molecule has 1 aromatic carbocycles. The van der Waals surface area contributed by atoms with Gasteiger partial charge in [-0.05, 0) is 30.9 Å². The van der Waals surface area contributed by atoms with Gasteiger partial charge in [-0.25, -0.2) is 0 Å². The number of aliphatic imine (C=N–C) groups is 1. The average Bonchev–Trinajstić information content (AvgIpc) is 2.58. The van der Waals surface area contributed by atoms with Crippen LogP contribution in [0.5, 0.6) is 0 Å². The van der Waals surface area contributed by atoms with Crippen LogP contribution in [0.1, 0.15) is 30.4 Å². The zero-order valence-corrected chi connectivity index (χ0v) is 17.5. The van der Waals surface area contributed by atoms with E-state index in [0.717, 1.165) is 12.8 Å². The third kappa shape index (κ3) is 6.61. The number of nitrogens with zero attached hydrogens (tertiary/aromatic N) is 1. The number of hydrogen-bond donors (Lipinski definition) is 2. The van der Waals surface area contributed by atoms with E-state index in [1.807, 2.05) is 12.1 Å². The predicted octanol–water partition coefficient (Wildman–Crippen LogP) is 3.78. The van der Waals surface area contributed by atoms with Crippen LogP contribution in [0.25, 0.3) is 0 Å². The van der Waals surface area contributed by atoms with Gasteiger partial charge in [0.05, 0.1) is 6.42 Å². The lowest BCUT2D eigenvalue weighted by molar-refractivity contribution is -0.132. The van der Waals surface area contributed by atoms with Gasteiger partial charge in [0.2, 0.25) is 0 Å². The van der Waals surface area contributed by atoms with E-state index < -0.39 is 12.6 Å². The minimum Gasteiger partial charge on any atom is -0.381 e. The van der Waals surface area contributed by atoms with E-state index in [4.69, 9.17) is 4.74 Å². The second-order valence-electron chi connectivity index (χ2n) is 6.43. The molecule has 0 aromatic heterocycles. The van der Waals surface area contributed by atoms with E-state index in [1.165, 1.54) is 11.1 Å². The molecule has 0 spiro atoms. The van der Waals surface area contributed by atoms with Gasteiger partial charge >= 0.3 is 6.18 Å². The largest absolute Gasteiger partial charge is 0.390 e. The van der Waals surface area contributed by atoms with Crippen molar-refractivity contribution in [3.8, 4) is 0 Å². The van der Waals surface area contributed by atoms with Crippen LogP contribution >= 0.6 is 24.0 Å². The van der Waals surface area contributed by atoms with E-state index in [2.05, 4.69) is 34.7 Å². The molecule has 8 heteroatoms. The van der Waals surface area contributed by atoms with Crippen LogP contribution in [0, 0.1) is 6.92 Å². The van der Waals surface area contributed by atoms with Gasteiger partial charge in [0.15, 0.2) is 5.96 Å². The number of halogens is 4. The lowest BCUT2D eigenvalue weighted by atomic mass is 9.72. The van der Waals surface area contributed by atoms with Crippen molar-refractivity contribution in [3.05, 3.63) is 35.4 Å². The van der Waals surface area contributed by atoms with Gasteiger partial charge in [0.1, 0.15) is 0 Å². The first-order chi connectivity index (χ1) is 11.9. The smallest absolute Gasteiger partial charge is 0.381 e. The fourth-order valence-corrected chi connectivity index (χ4v) is 3.27. The number of nitrogens with one attached hydrogen (secondary N) is 2. The summed E-state index contributed by atoms with van der Waals surface area (Å²) >= 11 is 0. The molecule has 1 fully saturated rings. The Labute approximate surface area is 170 Å². The highest BCUT2D eigenvalue weighted by Crippen LogP contribution is 2.36. The molecule has 0 atom stereocenters. The highest BCUT2D eigenvalue weighted by molar-refractivity contribution is 14.0. The lowest BCUT2D eigenvalue weighted by Gasteiger charge is -2.39. The molecule has 1 aliphatic rings. The lowest BCUT2D eigenvalue weighted by Crippen LogP contribution is -2.48. The number of ether oxygens (including phenoxy) is 1. The molecule has 26 heavy (non-hydrogen) atoms. The minimum absolute atomic E-state index is 0. The molecule has 1 heterocycles. The Bertz CT molecular complexity index is 587. The van der Waals surface area contributed by atoms with E-state index in [1.54, 1.807) is 7.05 Å². The highest BCUT2D eigenvalue weighted by atomic mass is 127. The second-order valence-corrected chi connectivity index (χ2v) is 6.43. The summed E-state index contributed by atoms with van der Waals surface area (Å²) in [4.78, 5) is 4.04. The maximum absolute atomic E-state index is 12.3. The van der Waals surface area contributed by atoms with Gasteiger partial charge in [0.25, 0.3) is 0 Å². The average molecular weight is 485 g/mol. The normalized spacial score (nSPS) is 17.3. The Morgan fingerprint density at radius 3 is 2.42 bits per heavy atom. The Hall–Kier alpha value is -1.03. The van der Waals surface area contributed by atoms with E-state index >= 15 is 0 Å². The van der Waals surface area contributed by atoms with Gasteiger partial charge in [-0.3, -0.25) is 4.99 Å². The van der Waals surface area contributed by atoms with Crippen molar-refractivity contribution in [3.63, 3.8) is 0 Å². The summed E-state index contributed by atoms with van der Waals surface area (Å²) in [6.45, 7) is 3.85. The van der Waals surface area contributed by atoms with Crippen molar-refractivity contribution < 1.29 is 17.9 Å². The Morgan fingerprint density at radius 1 is 1.19 bits per heavy atom. The quantitative estimate of drug-likeness (QED) is 0.379. The molecule has 0 aliphatic carbocycles. The van der Waals surface area contributed by atoms with Gasteiger partial charge in [-0.2, -0.15) is 13.2 Å². The van der Waals surface area contributed by atoms with Crippen molar-refractivity contribution in [2.75, 3.05) is 33.4 Å². The van der Waals surface area contributed by atoms with Crippen molar-refractivity contribution in [2.45, 2.75) is 37.8 Å². The second kappa shape index (κ2) is 10.3. The zero-order valence-electron chi connectivity index (χ0n) is 15.2. The van der Waals surface area contributed by atoms with E-state index in [9.17, 15) is 13.2 Å². The Kier molecular flexibility index (Phi) is 9.15. The summed E-state index contributed by atoms with van der Waals surface area (Å²) < 4.78 is 42.4. The molecular weight excluding hydrogens is 458 g/mol. The number of rotatable bonds is 5. The van der Waals surface area contributed by atoms with Crippen LogP contribution in [0.4, 0.5) is 13.2 Å². The maximum Gasteiger partial charge on any atom is 0.390 e. The first-order valence-corrected chi connectivity index (χ1v) is 8.51. The first kappa shape index (κ1) is 23.0. The topological polar surface area (TPSA) is 45.7 Å². The molecule has 1 aliphatic heterocycles. The number of alkyl halides is 3. The number of benzene rings is 1. The van der Waals surface area contributed by atoms with Crippen molar-refractivity contribution >= 4 is 29.9 Å². The molecule has 0 radical (unpaired) electrons. The third-order valence-corrected chi connectivity index (χ3v) is 4.69. The number of aryl methyl sites for hydroxylation is 1. The molecule has 4 nitrogen and oxygen atoms in total. The summed E-state index contributed by atoms with van der Waals surface area (Å²) in [5.41, 5.74) is 2.37. The van der Waals surface area contributed by atoms with Crippen LogP contribution in [-0.2, 0) is 10.2 Å². The summed E-state index contributed by atoms with van der Waals surface area (Å²) in [6.07, 6.45) is -3.33. The molecule has 148 valence electrons. The number of guanidine groups is 1. The van der Waals surface area contributed by atoms with Gasteiger partial charge in [0, 0.05) is 38.8 Å². The summed E-state index contributed by atoms with van der Waals surface area (Å²) in [6, 6.07) is 8.25. The Morgan fingerprint density at radius 2 is 1.85 bits per heavy atom. The monoisotopic (exact) mass is 485 g/mol. The van der Waals surface area contributed by atoms with Crippen LogP contribution in [0.2, 0.25) is 0 Å². The van der Waals surface area contributed by atoms with Crippen molar-refractivity contribution in [1.29, 1.82) is 0 Å². The van der Waals surface area contributed by atoms with Gasteiger partial charge in [-0.1, -0.05) is 24.3 Å². The molecule has 2 rings (SSSR count). The first-order valence-electron chi connectivity index (χ1n) is 8.51. The summed E-state index contributed by atoms with van der Waals surface area (Å²) in [5, 5.41) is 5.94. The SMILES string of the molecule is CN=C(NCCC(F)(F)F)NCC1(c2ccccc2C)CCOCC1.I. The van der Waals surface area contributed by atoms with Crippen molar-refractivity contribution in [1.82, 2.24) is 10.6 Å². The van der Waals surface area contributed by atoms with Crippen LogP contribution in [-0.4, -0.2) is 45.5 Å². The fraction of sp³-hybridized carbons (Fsp3) is 0.611. The fourth-order valence-electron chi connectivity index (χ4n) is 3.27. The molecule has 1 aromatic rings. The maximum atomic E-state index is 12.3. The molecule has 0 saturated carbocycles. The standard InChI is InChI=1S/C18H26F3N3O.HI/c1-14-5-3-4-6-15(14)17(8-11-25-12-9-17)13-24-16(22-2)23-10-7-18(19,20)21;/h3-6H,7-13H2,1-2H3,(H2,22,23,24);1H. The summed E-state index contributed by atoms with van der Waals surface area (Å²) in [5.74, 6) is 0.392. The van der Waals surface area contributed by atoms with E-state index in [-0.39, 0.29) is 35.9 Å². The molecule has 0 unspecified atom stereocenters. The third-order valence-electron chi connectivity index (χ3n) is 4.69.